The Morgan fingerprint density at radius 2 is 1.79 bits per heavy atom. The van der Waals surface area contributed by atoms with Gasteiger partial charge in [0.15, 0.2) is 0 Å². The third kappa shape index (κ3) is 4.91. The first-order valence-electron chi connectivity index (χ1n) is 10.1. The smallest absolute Gasteiger partial charge is 0.227 e. The highest BCUT2D eigenvalue weighted by Gasteiger charge is 2.36. The van der Waals surface area contributed by atoms with Gasteiger partial charge in [0.05, 0.1) is 22.5 Å². The normalized spacial score (nSPS) is 21.6. The van der Waals surface area contributed by atoms with Crippen LogP contribution in [0.4, 0.5) is 0 Å². The molecule has 3 nitrogen and oxygen atoms in total. The van der Waals surface area contributed by atoms with Crippen molar-refractivity contribution in [2.45, 2.75) is 44.7 Å². The Labute approximate surface area is 189 Å². The van der Waals surface area contributed by atoms with Gasteiger partial charge in [-0.05, 0) is 68.1 Å². The van der Waals surface area contributed by atoms with Gasteiger partial charge >= 0.3 is 0 Å². The van der Waals surface area contributed by atoms with Gasteiger partial charge in [-0.15, -0.1) is 12.4 Å². The van der Waals surface area contributed by atoms with E-state index in [4.69, 9.17) is 23.2 Å². The van der Waals surface area contributed by atoms with Crippen LogP contribution in [0.3, 0.4) is 0 Å². The third-order valence-electron chi connectivity index (χ3n) is 6.00. The highest BCUT2D eigenvalue weighted by Crippen LogP contribution is 2.35. The first kappa shape index (κ1) is 22.4. The summed E-state index contributed by atoms with van der Waals surface area (Å²) in [6, 6.07) is 14.4. The van der Waals surface area contributed by atoms with Crippen molar-refractivity contribution >= 4 is 41.5 Å². The standard InChI is InChI=1S/C23H26Cl2N2O.ClH/c1-16-12-18-6-2-3-7-19(18)22(15-26-10-4-5-11-26)27(16)23(28)14-17-8-9-20(24)21(25)13-17;/h2-3,6-9,13,16,22H,4-5,10-12,14-15H2,1H3;1H/t16-,22-;/m1./s1. The van der Waals surface area contributed by atoms with E-state index < -0.39 is 0 Å². The number of rotatable bonds is 4. The van der Waals surface area contributed by atoms with Crippen LogP contribution in [0.2, 0.25) is 10.0 Å². The van der Waals surface area contributed by atoms with Gasteiger partial charge in [0, 0.05) is 12.6 Å². The lowest BCUT2D eigenvalue weighted by Crippen LogP contribution is -2.49. The van der Waals surface area contributed by atoms with Crippen molar-refractivity contribution in [3.05, 3.63) is 69.2 Å². The molecule has 2 aromatic carbocycles. The first-order chi connectivity index (χ1) is 13.5. The molecule has 29 heavy (non-hydrogen) atoms. The molecular formula is C23H27Cl3N2O. The second-order valence-corrected chi connectivity index (χ2v) is 8.82. The van der Waals surface area contributed by atoms with Crippen LogP contribution >= 0.6 is 35.6 Å². The second-order valence-electron chi connectivity index (χ2n) is 8.00. The largest absolute Gasteiger partial charge is 0.331 e. The van der Waals surface area contributed by atoms with Crippen LogP contribution in [0.5, 0.6) is 0 Å². The van der Waals surface area contributed by atoms with E-state index in [1.54, 1.807) is 12.1 Å². The lowest BCUT2D eigenvalue weighted by atomic mass is 9.87. The van der Waals surface area contributed by atoms with Crippen molar-refractivity contribution in [1.29, 1.82) is 0 Å². The van der Waals surface area contributed by atoms with Crippen LogP contribution in [-0.2, 0) is 17.6 Å². The summed E-state index contributed by atoms with van der Waals surface area (Å²) in [6.45, 7) is 5.33. The minimum absolute atomic E-state index is 0. The van der Waals surface area contributed by atoms with Crippen LogP contribution in [0.25, 0.3) is 0 Å². The average molecular weight is 454 g/mol. The van der Waals surface area contributed by atoms with Crippen LogP contribution in [0, 0.1) is 0 Å². The average Bonchev–Trinajstić information content (AvgIpc) is 3.18. The summed E-state index contributed by atoms with van der Waals surface area (Å²) >= 11 is 12.2. The highest BCUT2D eigenvalue weighted by molar-refractivity contribution is 6.42. The summed E-state index contributed by atoms with van der Waals surface area (Å²) in [5.41, 5.74) is 3.58. The van der Waals surface area contributed by atoms with E-state index in [0.29, 0.717) is 16.5 Å². The van der Waals surface area contributed by atoms with Gasteiger partial charge in [0.2, 0.25) is 5.91 Å². The van der Waals surface area contributed by atoms with Gasteiger partial charge in [0.1, 0.15) is 0 Å². The predicted molar refractivity (Wildman–Crippen MR) is 122 cm³/mol. The van der Waals surface area contributed by atoms with Gasteiger partial charge in [-0.1, -0.05) is 53.5 Å². The number of amides is 1. The molecule has 0 N–H and O–H groups in total. The monoisotopic (exact) mass is 452 g/mol. The number of carbonyl (C=O) groups excluding carboxylic acids is 1. The van der Waals surface area contributed by atoms with E-state index in [0.717, 1.165) is 31.6 Å². The summed E-state index contributed by atoms with van der Waals surface area (Å²) < 4.78 is 0. The van der Waals surface area contributed by atoms with Gasteiger partial charge in [-0.3, -0.25) is 4.79 Å². The Kier molecular flexibility index (Phi) is 7.50. The van der Waals surface area contributed by atoms with Crippen LogP contribution in [0.1, 0.15) is 42.5 Å². The number of likely N-dealkylation sites (tertiary alicyclic amines) is 1. The zero-order chi connectivity index (χ0) is 19.7. The van der Waals surface area contributed by atoms with E-state index in [-0.39, 0.29) is 30.4 Å². The zero-order valence-electron chi connectivity index (χ0n) is 16.6. The third-order valence-corrected chi connectivity index (χ3v) is 6.74. The molecule has 2 aromatic rings. The van der Waals surface area contributed by atoms with Crippen molar-refractivity contribution < 1.29 is 4.79 Å². The molecule has 4 rings (SSSR count). The minimum atomic E-state index is 0. The molecule has 0 spiro atoms. The molecule has 2 atom stereocenters. The maximum absolute atomic E-state index is 13.4. The SMILES string of the molecule is C[C@@H]1Cc2ccccc2[C@@H](CN2CCCC2)N1C(=O)Cc1ccc(Cl)c(Cl)c1.Cl. The summed E-state index contributed by atoms with van der Waals surface area (Å²) in [6.07, 6.45) is 3.75. The molecule has 0 aliphatic carbocycles. The second kappa shape index (κ2) is 9.70. The maximum Gasteiger partial charge on any atom is 0.227 e. The van der Waals surface area contributed by atoms with E-state index in [1.807, 2.05) is 6.07 Å². The molecule has 156 valence electrons. The zero-order valence-corrected chi connectivity index (χ0v) is 18.9. The fourth-order valence-electron chi connectivity index (χ4n) is 4.65. The van der Waals surface area contributed by atoms with Gasteiger partial charge in [-0.2, -0.15) is 0 Å². The molecule has 6 heteroatoms. The van der Waals surface area contributed by atoms with E-state index in [9.17, 15) is 4.79 Å². The molecule has 0 aromatic heterocycles. The fourth-order valence-corrected chi connectivity index (χ4v) is 4.97. The predicted octanol–water partition coefficient (Wildman–Crippen LogP) is 5.57. The number of hydrogen-bond acceptors (Lipinski definition) is 2. The molecule has 0 bridgehead atoms. The summed E-state index contributed by atoms with van der Waals surface area (Å²) in [5.74, 6) is 0.157. The molecule has 0 unspecified atom stereocenters. The highest BCUT2D eigenvalue weighted by atomic mass is 35.5. The topological polar surface area (TPSA) is 23.6 Å². The molecule has 0 radical (unpaired) electrons. The molecule has 0 saturated carbocycles. The summed E-state index contributed by atoms with van der Waals surface area (Å²) in [7, 11) is 0. The Hall–Kier alpha value is -1.26. The summed E-state index contributed by atoms with van der Waals surface area (Å²) in [4.78, 5) is 18.0. The Bertz CT molecular complexity index is 867. The van der Waals surface area contributed by atoms with Crippen molar-refractivity contribution in [2.24, 2.45) is 0 Å². The number of halogens is 3. The number of hydrogen-bond donors (Lipinski definition) is 0. The number of carbonyl (C=O) groups is 1. The first-order valence-corrected chi connectivity index (χ1v) is 10.8. The van der Waals surface area contributed by atoms with Crippen molar-refractivity contribution in [1.82, 2.24) is 9.80 Å². The number of nitrogens with zero attached hydrogens (tertiary/aromatic N) is 2. The lowest BCUT2D eigenvalue weighted by molar-refractivity contribution is -0.136. The van der Waals surface area contributed by atoms with E-state index >= 15 is 0 Å². The van der Waals surface area contributed by atoms with Crippen molar-refractivity contribution in [3.8, 4) is 0 Å². The Morgan fingerprint density at radius 3 is 2.52 bits per heavy atom. The molecule has 1 fully saturated rings. The Morgan fingerprint density at radius 1 is 1.07 bits per heavy atom. The summed E-state index contributed by atoms with van der Waals surface area (Å²) in [5, 5.41) is 1.02. The Balaban J connectivity index is 0.00000240. The molecule has 2 aliphatic heterocycles. The molecule has 2 heterocycles. The van der Waals surface area contributed by atoms with E-state index in [2.05, 4.69) is 41.0 Å². The van der Waals surface area contributed by atoms with Crippen molar-refractivity contribution in [3.63, 3.8) is 0 Å². The molecule has 2 aliphatic rings. The van der Waals surface area contributed by atoms with Gasteiger partial charge in [0.25, 0.3) is 0 Å². The lowest BCUT2D eigenvalue weighted by Gasteiger charge is -2.43. The van der Waals surface area contributed by atoms with Crippen LogP contribution in [0.15, 0.2) is 42.5 Å². The number of fused-ring (bicyclic) bond motifs is 1. The minimum Gasteiger partial charge on any atom is -0.331 e. The fraction of sp³-hybridized carbons (Fsp3) is 0.435. The molecular weight excluding hydrogens is 427 g/mol. The number of benzene rings is 2. The van der Waals surface area contributed by atoms with Crippen LogP contribution in [-0.4, -0.2) is 41.4 Å². The molecule has 1 amide bonds. The van der Waals surface area contributed by atoms with Crippen LogP contribution < -0.4 is 0 Å². The maximum atomic E-state index is 13.4. The van der Waals surface area contributed by atoms with E-state index in [1.165, 1.54) is 24.0 Å². The van der Waals surface area contributed by atoms with Gasteiger partial charge < -0.3 is 9.80 Å². The van der Waals surface area contributed by atoms with Gasteiger partial charge in [-0.25, -0.2) is 0 Å². The van der Waals surface area contributed by atoms with Crippen molar-refractivity contribution in [2.75, 3.05) is 19.6 Å². The quantitative estimate of drug-likeness (QED) is 0.604. The molecule has 1 saturated heterocycles.